The van der Waals surface area contributed by atoms with Crippen molar-refractivity contribution >= 4 is 11.8 Å². The molecule has 113 valence electrons. The zero-order valence-corrected chi connectivity index (χ0v) is 13.7. The van der Waals surface area contributed by atoms with Crippen LogP contribution in [0.3, 0.4) is 0 Å². The van der Waals surface area contributed by atoms with Crippen molar-refractivity contribution in [3.8, 4) is 0 Å². The molecular weight excluding hydrogens is 288 g/mol. The molecular formula is C20H21OS. The van der Waals surface area contributed by atoms with Crippen LogP contribution in [0.5, 0.6) is 0 Å². The highest BCUT2D eigenvalue weighted by Crippen LogP contribution is 2.71. The van der Waals surface area contributed by atoms with Gasteiger partial charge >= 0.3 is 0 Å². The molecule has 0 aromatic heterocycles. The molecule has 0 spiro atoms. The average Bonchev–Trinajstić information content (AvgIpc) is 3.44. The Morgan fingerprint density at radius 3 is 1.95 bits per heavy atom. The topological polar surface area (TPSA) is 19.9 Å². The normalized spacial score (nSPS) is 31.7. The Bertz CT molecular complexity index is 614. The Balaban J connectivity index is 1.69. The minimum absolute atomic E-state index is 0.0770. The first-order valence-electron chi connectivity index (χ1n) is 8.16. The summed E-state index contributed by atoms with van der Waals surface area (Å²) < 4.78 is 0. The highest BCUT2D eigenvalue weighted by Gasteiger charge is 2.70. The van der Waals surface area contributed by atoms with Crippen LogP contribution in [0, 0.1) is 11.8 Å². The predicted molar refractivity (Wildman–Crippen MR) is 91.4 cm³/mol. The van der Waals surface area contributed by atoms with Gasteiger partial charge in [0.15, 0.2) is 4.93 Å². The molecule has 2 saturated carbocycles. The Hall–Kier alpha value is -1.25. The molecule has 0 saturated heterocycles. The standard InChI is InChI=1S/C20H21OS/c1-2-22-20(21)14-18(20)17-13-19(17,15-9-5-3-6-10-15)16-11-7-4-8-12-16/h3-12,17-18H,2,13-14H2,1H3. The molecule has 2 fully saturated rings. The number of benzene rings is 2. The largest absolute Gasteiger partial charge is 0.217 e. The molecule has 4 rings (SSSR count). The van der Waals surface area contributed by atoms with E-state index in [1.165, 1.54) is 11.1 Å². The van der Waals surface area contributed by atoms with Gasteiger partial charge in [-0.25, -0.2) is 5.11 Å². The summed E-state index contributed by atoms with van der Waals surface area (Å²) in [4.78, 5) is -0.718. The summed E-state index contributed by atoms with van der Waals surface area (Å²) in [6.07, 6.45) is 1.97. The SMILES string of the molecule is CCSC1([O])CC1C1CC1(c1ccccc1)c1ccccc1. The minimum atomic E-state index is -0.718. The molecule has 0 bridgehead atoms. The first kappa shape index (κ1) is 14.3. The fraction of sp³-hybridized carbons (Fsp3) is 0.400. The van der Waals surface area contributed by atoms with Gasteiger partial charge in [0.05, 0.1) is 0 Å². The van der Waals surface area contributed by atoms with Crippen LogP contribution in [-0.2, 0) is 10.5 Å². The van der Waals surface area contributed by atoms with Crippen molar-refractivity contribution in [3.63, 3.8) is 0 Å². The van der Waals surface area contributed by atoms with Crippen molar-refractivity contribution in [2.75, 3.05) is 5.75 Å². The van der Waals surface area contributed by atoms with Gasteiger partial charge < -0.3 is 0 Å². The van der Waals surface area contributed by atoms with E-state index in [9.17, 15) is 5.11 Å². The van der Waals surface area contributed by atoms with Gasteiger partial charge in [0.2, 0.25) is 0 Å². The van der Waals surface area contributed by atoms with Gasteiger partial charge in [0, 0.05) is 11.3 Å². The maximum atomic E-state index is 12.7. The molecule has 2 aliphatic rings. The molecule has 2 aliphatic carbocycles. The molecule has 0 aliphatic heterocycles. The molecule has 3 atom stereocenters. The summed E-state index contributed by atoms with van der Waals surface area (Å²) in [6.45, 7) is 2.09. The maximum absolute atomic E-state index is 12.7. The van der Waals surface area contributed by atoms with E-state index in [-0.39, 0.29) is 5.41 Å². The lowest BCUT2D eigenvalue weighted by molar-refractivity contribution is 0.125. The zero-order chi connectivity index (χ0) is 15.2. The Labute approximate surface area is 136 Å². The maximum Gasteiger partial charge on any atom is 0.152 e. The van der Waals surface area contributed by atoms with Gasteiger partial charge in [-0.05, 0) is 35.6 Å². The zero-order valence-electron chi connectivity index (χ0n) is 12.9. The second-order valence-electron chi connectivity index (χ2n) is 6.57. The Morgan fingerprint density at radius 1 is 0.909 bits per heavy atom. The van der Waals surface area contributed by atoms with Crippen molar-refractivity contribution < 1.29 is 5.11 Å². The first-order valence-corrected chi connectivity index (χ1v) is 9.15. The Kier molecular flexibility index (Phi) is 3.35. The van der Waals surface area contributed by atoms with E-state index in [1.807, 2.05) is 0 Å². The smallest absolute Gasteiger partial charge is 0.152 e. The monoisotopic (exact) mass is 309 g/mol. The van der Waals surface area contributed by atoms with Gasteiger partial charge in [-0.1, -0.05) is 67.6 Å². The van der Waals surface area contributed by atoms with Gasteiger partial charge in [0.25, 0.3) is 0 Å². The Morgan fingerprint density at radius 2 is 1.45 bits per heavy atom. The highest BCUT2D eigenvalue weighted by atomic mass is 32.2. The molecule has 0 amide bonds. The lowest BCUT2D eigenvalue weighted by Gasteiger charge is -2.19. The van der Waals surface area contributed by atoms with E-state index in [0.29, 0.717) is 11.8 Å². The van der Waals surface area contributed by atoms with Crippen LogP contribution in [-0.4, -0.2) is 10.7 Å². The van der Waals surface area contributed by atoms with Crippen molar-refractivity contribution in [3.05, 3.63) is 71.8 Å². The van der Waals surface area contributed by atoms with Gasteiger partial charge in [-0.3, -0.25) is 0 Å². The van der Waals surface area contributed by atoms with Crippen LogP contribution in [0.4, 0.5) is 0 Å². The van der Waals surface area contributed by atoms with E-state index < -0.39 is 4.93 Å². The fourth-order valence-corrected chi connectivity index (χ4v) is 5.35. The average molecular weight is 309 g/mol. The number of thioether (sulfide) groups is 1. The summed E-state index contributed by atoms with van der Waals surface area (Å²) in [7, 11) is 0. The van der Waals surface area contributed by atoms with Crippen LogP contribution in [0.25, 0.3) is 0 Å². The third-order valence-electron chi connectivity index (χ3n) is 5.38. The number of hydrogen-bond donors (Lipinski definition) is 0. The molecule has 2 heteroatoms. The first-order chi connectivity index (χ1) is 10.7. The summed E-state index contributed by atoms with van der Waals surface area (Å²) >= 11 is 1.61. The second kappa shape index (κ2) is 5.14. The van der Waals surface area contributed by atoms with Crippen LogP contribution >= 0.6 is 11.8 Å². The van der Waals surface area contributed by atoms with Crippen LogP contribution in [0.15, 0.2) is 60.7 Å². The third kappa shape index (κ3) is 2.12. The molecule has 0 heterocycles. The molecule has 22 heavy (non-hydrogen) atoms. The minimum Gasteiger partial charge on any atom is -0.217 e. The summed E-state index contributed by atoms with van der Waals surface area (Å²) in [5.41, 5.74) is 2.83. The third-order valence-corrected chi connectivity index (χ3v) is 6.62. The summed E-state index contributed by atoms with van der Waals surface area (Å²) in [6, 6.07) is 21.5. The van der Waals surface area contributed by atoms with Crippen LogP contribution < -0.4 is 0 Å². The number of hydrogen-bond acceptors (Lipinski definition) is 1. The van der Waals surface area contributed by atoms with E-state index in [2.05, 4.69) is 67.6 Å². The van der Waals surface area contributed by atoms with Gasteiger partial charge in [-0.15, -0.1) is 11.8 Å². The fourth-order valence-electron chi connectivity index (χ4n) is 4.18. The molecule has 1 radical (unpaired) electrons. The van der Waals surface area contributed by atoms with Crippen LogP contribution in [0.2, 0.25) is 0 Å². The van der Waals surface area contributed by atoms with Gasteiger partial charge in [0.1, 0.15) is 0 Å². The molecule has 2 aromatic carbocycles. The highest BCUT2D eigenvalue weighted by molar-refractivity contribution is 8.00. The van der Waals surface area contributed by atoms with E-state index >= 15 is 0 Å². The van der Waals surface area contributed by atoms with Crippen LogP contribution in [0.1, 0.15) is 30.9 Å². The molecule has 1 nitrogen and oxygen atoms in total. The molecule has 2 aromatic rings. The lowest BCUT2D eigenvalue weighted by Crippen LogP contribution is -2.15. The second-order valence-corrected chi connectivity index (χ2v) is 8.13. The van der Waals surface area contributed by atoms with Crippen molar-refractivity contribution in [1.82, 2.24) is 0 Å². The predicted octanol–water partition coefficient (Wildman–Crippen LogP) is 4.89. The van der Waals surface area contributed by atoms with E-state index in [0.717, 1.165) is 18.6 Å². The van der Waals surface area contributed by atoms with E-state index in [4.69, 9.17) is 0 Å². The molecule has 0 N–H and O–H groups in total. The molecule has 3 unspecified atom stereocenters. The summed E-state index contributed by atoms with van der Waals surface area (Å²) in [5, 5.41) is 12.7. The van der Waals surface area contributed by atoms with Crippen molar-refractivity contribution in [1.29, 1.82) is 0 Å². The van der Waals surface area contributed by atoms with Crippen molar-refractivity contribution in [2.45, 2.75) is 30.1 Å². The quantitative estimate of drug-likeness (QED) is 0.720. The van der Waals surface area contributed by atoms with Gasteiger partial charge in [-0.2, -0.15) is 0 Å². The summed E-state index contributed by atoms with van der Waals surface area (Å²) in [5.74, 6) is 1.77. The lowest BCUT2D eigenvalue weighted by atomic mass is 9.84. The number of rotatable bonds is 5. The van der Waals surface area contributed by atoms with E-state index in [1.54, 1.807) is 11.8 Å². The van der Waals surface area contributed by atoms with Crippen molar-refractivity contribution in [2.24, 2.45) is 11.8 Å².